The Kier molecular flexibility index (Phi) is 6.44. The molecule has 172 valence electrons. The van der Waals surface area contributed by atoms with Crippen molar-refractivity contribution >= 4 is 35.1 Å². The predicted octanol–water partition coefficient (Wildman–Crippen LogP) is 2.91. The minimum Gasteiger partial charge on any atom is -0.441 e. The number of fused-ring (bicyclic) bond motifs is 1. The third-order valence-corrected chi connectivity index (χ3v) is 4.85. The van der Waals surface area contributed by atoms with Crippen LogP contribution in [0.1, 0.15) is 31.3 Å². The number of aromatic amines is 1. The first-order chi connectivity index (χ1) is 15.3. The summed E-state index contributed by atoms with van der Waals surface area (Å²) in [5.74, 6) is 0.742. The summed E-state index contributed by atoms with van der Waals surface area (Å²) in [7, 11) is 1.58. The number of carbonyl (C=O) groups excluding carboxylic acids is 1. The number of anilines is 2. The van der Waals surface area contributed by atoms with Crippen LogP contribution in [-0.4, -0.2) is 62.7 Å². The SMILES string of the molecule is COCc1cn2c(Nc3cc([C@H]4OC[C@@H](OC(=O)NC(C)C)[C@@H]4F)[nH]n3)nc(Cl)cc2n1. The average molecular weight is 468 g/mol. The number of H-pyrrole nitrogens is 1. The summed E-state index contributed by atoms with van der Waals surface area (Å²) in [4.78, 5) is 20.5. The summed E-state index contributed by atoms with van der Waals surface area (Å²) in [6.07, 6.45) is -2.45. The number of imidazole rings is 1. The van der Waals surface area contributed by atoms with Crippen molar-refractivity contribution < 1.29 is 23.4 Å². The minimum absolute atomic E-state index is 0.0626. The number of alkyl halides is 1. The van der Waals surface area contributed by atoms with Gasteiger partial charge in [-0.25, -0.2) is 19.2 Å². The molecule has 3 N–H and O–H groups in total. The Morgan fingerprint density at radius 2 is 2.25 bits per heavy atom. The van der Waals surface area contributed by atoms with Gasteiger partial charge in [-0.15, -0.1) is 0 Å². The van der Waals surface area contributed by atoms with E-state index in [1.807, 2.05) is 0 Å². The number of ether oxygens (including phenoxy) is 3. The van der Waals surface area contributed by atoms with Crippen LogP contribution in [0.2, 0.25) is 5.15 Å². The highest BCUT2D eigenvalue weighted by atomic mass is 35.5. The van der Waals surface area contributed by atoms with Crippen molar-refractivity contribution in [3.05, 3.63) is 34.9 Å². The maximum Gasteiger partial charge on any atom is 0.407 e. The van der Waals surface area contributed by atoms with E-state index < -0.39 is 24.5 Å². The summed E-state index contributed by atoms with van der Waals surface area (Å²) >= 11 is 6.11. The van der Waals surface area contributed by atoms with Gasteiger partial charge in [0.1, 0.15) is 16.9 Å². The maximum absolute atomic E-state index is 14.9. The highest BCUT2D eigenvalue weighted by molar-refractivity contribution is 6.29. The lowest BCUT2D eigenvalue weighted by atomic mass is 10.1. The molecular formula is C19H23ClFN7O4. The summed E-state index contributed by atoms with van der Waals surface area (Å²) in [6.45, 7) is 3.84. The largest absolute Gasteiger partial charge is 0.441 e. The van der Waals surface area contributed by atoms with Gasteiger partial charge in [0, 0.05) is 31.5 Å². The van der Waals surface area contributed by atoms with Gasteiger partial charge in [0.2, 0.25) is 5.95 Å². The number of methoxy groups -OCH3 is 1. The van der Waals surface area contributed by atoms with Gasteiger partial charge in [0.15, 0.2) is 18.1 Å². The smallest absolute Gasteiger partial charge is 0.407 e. The molecule has 4 rings (SSSR count). The van der Waals surface area contributed by atoms with Crippen molar-refractivity contribution in [3.8, 4) is 0 Å². The number of nitrogens with zero attached hydrogens (tertiary/aromatic N) is 4. The first-order valence-electron chi connectivity index (χ1n) is 9.92. The van der Waals surface area contributed by atoms with E-state index in [0.29, 0.717) is 35.4 Å². The molecule has 1 aliphatic heterocycles. The Labute approximate surface area is 187 Å². The minimum atomic E-state index is -1.55. The Morgan fingerprint density at radius 1 is 1.44 bits per heavy atom. The van der Waals surface area contributed by atoms with E-state index in [9.17, 15) is 9.18 Å². The van der Waals surface area contributed by atoms with Crippen molar-refractivity contribution in [2.45, 2.75) is 44.9 Å². The van der Waals surface area contributed by atoms with Crippen molar-refractivity contribution in [3.63, 3.8) is 0 Å². The van der Waals surface area contributed by atoms with E-state index in [0.717, 1.165) is 0 Å². The zero-order valence-corrected chi connectivity index (χ0v) is 18.4. The van der Waals surface area contributed by atoms with E-state index in [4.69, 9.17) is 25.8 Å². The lowest BCUT2D eigenvalue weighted by molar-refractivity contribution is 0.0615. The molecule has 1 amide bonds. The molecule has 3 aromatic heterocycles. The molecule has 3 atom stereocenters. The number of nitrogens with one attached hydrogen (secondary N) is 3. The quantitative estimate of drug-likeness (QED) is 0.452. The number of carbonyl (C=O) groups is 1. The second-order valence-corrected chi connectivity index (χ2v) is 7.96. The second-order valence-electron chi connectivity index (χ2n) is 7.57. The van der Waals surface area contributed by atoms with Crippen LogP contribution in [-0.2, 0) is 20.8 Å². The van der Waals surface area contributed by atoms with Crippen LogP contribution in [0, 0.1) is 0 Å². The average Bonchev–Trinajstić information content (AvgIpc) is 3.41. The molecule has 0 aromatic carbocycles. The van der Waals surface area contributed by atoms with Gasteiger partial charge in [-0.05, 0) is 13.8 Å². The lowest BCUT2D eigenvalue weighted by Crippen LogP contribution is -2.36. The molecule has 32 heavy (non-hydrogen) atoms. The van der Waals surface area contributed by atoms with Gasteiger partial charge >= 0.3 is 6.09 Å². The normalized spacial score (nSPS) is 20.8. The monoisotopic (exact) mass is 467 g/mol. The molecule has 11 nitrogen and oxygen atoms in total. The maximum atomic E-state index is 14.9. The summed E-state index contributed by atoms with van der Waals surface area (Å²) in [5, 5.41) is 12.7. The molecular weight excluding hydrogens is 445 g/mol. The number of amides is 1. The van der Waals surface area contributed by atoms with Crippen LogP contribution < -0.4 is 10.6 Å². The van der Waals surface area contributed by atoms with E-state index in [1.165, 1.54) is 0 Å². The molecule has 0 aliphatic carbocycles. The fraction of sp³-hybridized carbons (Fsp3) is 0.474. The lowest BCUT2D eigenvalue weighted by Gasteiger charge is -2.16. The Balaban J connectivity index is 1.47. The Hall–Kier alpha value is -2.96. The van der Waals surface area contributed by atoms with Crippen LogP contribution in [0.3, 0.4) is 0 Å². The molecule has 4 heterocycles. The molecule has 0 unspecified atom stereocenters. The molecule has 13 heteroatoms. The molecule has 3 aromatic rings. The van der Waals surface area contributed by atoms with Crippen LogP contribution >= 0.6 is 11.6 Å². The van der Waals surface area contributed by atoms with Gasteiger partial charge in [0.05, 0.1) is 24.6 Å². The van der Waals surface area contributed by atoms with Crippen molar-refractivity contribution in [1.29, 1.82) is 0 Å². The van der Waals surface area contributed by atoms with Crippen LogP contribution in [0.5, 0.6) is 0 Å². The van der Waals surface area contributed by atoms with Crippen LogP contribution in [0.4, 0.5) is 21.0 Å². The van der Waals surface area contributed by atoms with E-state index >= 15 is 0 Å². The van der Waals surface area contributed by atoms with E-state index in [1.54, 1.807) is 43.7 Å². The molecule has 0 spiro atoms. The first-order valence-corrected chi connectivity index (χ1v) is 10.3. The van der Waals surface area contributed by atoms with E-state index in [2.05, 4.69) is 30.8 Å². The third kappa shape index (κ3) is 4.76. The summed E-state index contributed by atoms with van der Waals surface area (Å²) in [5.41, 5.74) is 1.67. The molecule has 1 aliphatic rings. The van der Waals surface area contributed by atoms with Gasteiger partial charge in [-0.2, -0.15) is 5.10 Å². The zero-order valence-electron chi connectivity index (χ0n) is 17.6. The summed E-state index contributed by atoms with van der Waals surface area (Å²) < 4.78 is 32.3. The topological polar surface area (TPSA) is 128 Å². The first kappa shape index (κ1) is 22.2. The van der Waals surface area contributed by atoms with Crippen molar-refractivity contribution in [2.75, 3.05) is 19.0 Å². The van der Waals surface area contributed by atoms with Crippen molar-refractivity contribution in [2.24, 2.45) is 0 Å². The summed E-state index contributed by atoms with van der Waals surface area (Å²) in [6, 6.07) is 3.10. The number of hydrogen-bond acceptors (Lipinski definition) is 8. The second kappa shape index (κ2) is 9.27. The molecule has 1 fully saturated rings. The standard InChI is InChI=1S/C19H23ClFN7O4/c1-9(2)22-19(29)32-12-8-31-17(16(12)21)11-4-14(27-26-11)25-18-24-13(20)5-15-23-10(7-30-3)6-28(15)18/h4-6,9,12,16-17H,7-8H2,1-3H3,(H,22,29)(H2,24,25,26,27)/t12-,16+,17-/m1/s1. The Bertz CT molecular complexity index is 1100. The van der Waals surface area contributed by atoms with Gasteiger partial charge in [-0.3, -0.25) is 9.50 Å². The van der Waals surface area contributed by atoms with Gasteiger partial charge in [-0.1, -0.05) is 11.6 Å². The third-order valence-electron chi connectivity index (χ3n) is 4.66. The highest BCUT2D eigenvalue weighted by Gasteiger charge is 2.42. The highest BCUT2D eigenvalue weighted by Crippen LogP contribution is 2.33. The number of halogens is 2. The zero-order chi connectivity index (χ0) is 22.8. The predicted molar refractivity (Wildman–Crippen MR) is 113 cm³/mol. The number of alkyl carbamates (subject to hydrolysis) is 1. The molecule has 0 radical (unpaired) electrons. The van der Waals surface area contributed by atoms with Crippen molar-refractivity contribution in [1.82, 2.24) is 29.9 Å². The molecule has 0 saturated carbocycles. The van der Waals surface area contributed by atoms with Crippen LogP contribution in [0.15, 0.2) is 18.3 Å². The van der Waals surface area contributed by atoms with Crippen LogP contribution in [0.25, 0.3) is 5.65 Å². The fourth-order valence-electron chi connectivity index (χ4n) is 3.32. The number of hydrogen-bond donors (Lipinski definition) is 3. The fourth-order valence-corrected chi connectivity index (χ4v) is 3.50. The van der Waals surface area contributed by atoms with Gasteiger partial charge < -0.3 is 24.8 Å². The number of aromatic nitrogens is 5. The Morgan fingerprint density at radius 3 is 3.00 bits per heavy atom. The number of rotatable bonds is 7. The molecule has 0 bridgehead atoms. The molecule has 1 saturated heterocycles. The van der Waals surface area contributed by atoms with Gasteiger partial charge in [0.25, 0.3) is 0 Å². The van der Waals surface area contributed by atoms with E-state index in [-0.39, 0.29) is 17.8 Å².